The van der Waals surface area contributed by atoms with E-state index in [0.717, 1.165) is 28.3 Å². The molecular formula is C14H18FN3S. The molecule has 2 rings (SSSR count). The van der Waals surface area contributed by atoms with Crippen LogP contribution in [0.15, 0.2) is 40.4 Å². The minimum Gasteiger partial charge on any atom is -0.313 e. The van der Waals surface area contributed by atoms with Crippen LogP contribution in [0.4, 0.5) is 4.39 Å². The number of hydrogen-bond acceptors (Lipinski definition) is 3. The molecule has 0 aliphatic heterocycles. The van der Waals surface area contributed by atoms with Crippen molar-refractivity contribution < 1.29 is 4.39 Å². The number of aryl methyl sites for hydroxylation is 1. The summed E-state index contributed by atoms with van der Waals surface area (Å²) in [6.45, 7) is 3.74. The van der Waals surface area contributed by atoms with Crippen molar-refractivity contribution >= 4 is 11.8 Å². The number of halogens is 1. The highest BCUT2D eigenvalue weighted by Crippen LogP contribution is 2.30. The van der Waals surface area contributed by atoms with Crippen LogP contribution < -0.4 is 5.32 Å². The third-order valence-electron chi connectivity index (χ3n) is 2.67. The number of nitrogens with one attached hydrogen (secondary N) is 1. The first kappa shape index (κ1) is 14.1. The van der Waals surface area contributed by atoms with Crippen LogP contribution in [0.1, 0.15) is 18.9 Å². The first-order chi connectivity index (χ1) is 9.19. The Labute approximate surface area is 117 Å². The molecule has 0 aliphatic carbocycles. The monoisotopic (exact) mass is 279 g/mol. The molecular weight excluding hydrogens is 261 g/mol. The molecule has 0 aliphatic rings. The number of hydrogen-bond donors (Lipinski definition) is 1. The summed E-state index contributed by atoms with van der Waals surface area (Å²) in [5.41, 5.74) is 0.988. The van der Waals surface area contributed by atoms with Gasteiger partial charge in [0.1, 0.15) is 5.82 Å². The van der Waals surface area contributed by atoms with Crippen LogP contribution in [0, 0.1) is 5.82 Å². The minimum absolute atomic E-state index is 0.191. The van der Waals surface area contributed by atoms with Crippen molar-refractivity contribution in [3.63, 3.8) is 0 Å². The Kier molecular flexibility index (Phi) is 4.99. The fourth-order valence-corrected chi connectivity index (χ4v) is 2.72. The van der Waals surface area contributed by atoms with E-state index in [2.05, 4.69) is 17.3 Å². The van der Waals surface area contributed by atoms with E-state index >= 15 is 0 Å². The Morgan fingerprint density at radius 1 is 1.42 bits per heavy atom. The van der Waals surface area contributed by atoms with E-state index in [9.17, 15) is 4.39 Å². The summed E-state index contributed by atoms with van der Waals surface area (Å²) in [4.78, 5) is 2.13. The molecule has 0 bridgehead atoms. The van der Waals surface area contributed by atoms with E-state index in [4.69, 9.17) is 0 Å². The van der Waals surface area contributed by atoms with Crippen LogP contribution in [0.3, 0.4) is 0 Å². The van der Waals surface area contributed by atoms with Crippen molar-refractivity contribution in [2.45, 2.75) is 29.7 Å². The maximum absolute atomic E-state index is 13.3. The molecule has 0 atom stereocenters. The zero-order valence-electron chi connectivity index (χ0n) is 11.2. The second kappa shape index (κ2) is 6.73. The van der Waals surface area contributed by atoms with Crippen molar-refractivity contribution in [2.24, 2.45) is 7.05 Å². The van der Waals surface area contributed by atoms with E-state index in [1.165, 1.54) is 6.07 Å². The molecule has 0 amide bonds. The highest BCUT2D eigenvalue weighted by atomic mass is 32.2. The Morgan fingerprint density at radius 3 is 2.95 bits per heavy atom. The van der Waals surface area contributed by atoms with Crippen molar-refractivity contribution in [2.75, 3.05) is 6.54 Å². The number of benzene rings is 1. The summed E-state index contributed by atoms with van der Waals surface area (Å²) in [6.07, 6.45) is 4.84. The van der Waals surface area contributed by atoms with E-state index in [1.54, 1.807) is 22.5 Å². The van der Waals surface area contributed by atoms with Gasteiger partial charge in [-0.2, -0.15) is 5.10 Å². The molecule has 0 fully saturated rings. The van der Waals surface area contributed by atoms with Gasteiger partial charge < -0.3 is 5.32 Å². The Balaban J connectivity index is 2.14. The van der Waals surface area contributed by atoms with Gasteiger partial charge in [-0.1, -0.05) is 18.7 Å². The highest BCUT2D eigenvalue weighted by molar-refractivity contribution is 7.99. The van der Waals surface area contributed by atoms with Crippen molar-refractivity contribution in [3.05, 3.63) is 42.0 Å². The van der Waals surface area contributed by atoms with Gasteiger partial charge >= 0.3 is 0 Å². The summed E-state index contributed by atoms with van der Waals surface area (Å²) in [5, 5.41) is 7.45. The molecule has 1 heterocycles. The van der Waals surface area contributed by atoms with E-state index in [1.807, 2.05) is 25.5 Å². The zero-order valence-corrected chi connectivity index (χ0v) is 12.0. The third-order valence-corrected chi connectivity index (χ3v) is 3.74. The summed E-state index contributed by atoms with van der Waals surface area (Å²) in [7, 11) is 1.89. The largest absolute Gasteiger partial charge is 0.313 e. The lowest BCUT2D eigenvalue weighted by atomic mass is 10.2. The Hall–Kier alpha value is -1.33. The SMILES string of the molecule is CCCNCc1cc(F)ccc1Sc1cnn(C)c1. The molecule has 0 saturated carbocycles. The van der Waals surface area contributed by atoms with Gasteiger partial charge in [-0.25, -0.2) is 4.39 Å². The van der Waals surface area contributed by atoms with Crippen LogP contribution in [0.5, 0.6) is 0 Å². The standard InChI is InChI=1S/C14H18FN3S/c1-3-6-16-8-11-7-12(15)4-5-14(11)19-13-9-17-18(2)10-13/h4-5,7,9-10,16H,3,6,8H2,1-2H3. The average Bonchev–Trinajstić information content (AvgIpc) is 2.78. The normalized spacial score (nSPS) is 10.9. The zero-order chi connectivity index (χ0) is 13.7. The second-order valence-electron chi connectivity index (χ2n) is 4.38. The van der Waals surface area contributed by atoms with E-state index in [0.29, 0.717) is 6.54 Å². The number of rotatable bonds is 6. The maximum Gasteiger partial charge on any atom is 0.123 e. The second-order valence-corrected chi connectivity index (χ2v) is 5.50. The molecule has 102 valence electrons. The fraction of sp³-hybridized carbons (Fsp3) is 0.357. The van der Waals surface area contributed by atoms with Gasteiger partial charge in [-0.05, 0) is 36.7 Å². The van der Waals surface area contributed by atoms with Gasteiger partial charge in [-0.15, -0.1) is 0 Å². The van der Waals surface area contributed by atoms with Gasteiger partial charge in [0.05, 0.1) is 11.1 Å². The molecule has 1 N–H and O–H groups in total. The van der Waals surface area contributed by atoms with Crippen LogP contribution in [0.25, 0.3) is 0 Å². The lowest BCUT2D eigenvalue weighted by Crippen LogP contribution is -2.14. The van der Waals surface area contributed by atoms with Crippen LogP contribution >= 0.6 is 11.8 Å². The maximum atomic E-state index is 13.3. The van der Waals surface area contributed by atoms with E-state index < -0.39 is 0 Å². The lowest BCUT2D eigenvalue weighted by molar-refractivity contribution is 0.615. The lowest BCUT2D eigenvalue weighted by Gasteiger charge is -2.09. The van der Waals surface area contributed by atoms with Crippen molar-refractivity contribution in [1.29, 1.82) is 0 Å². The predicted molar refractivity (Wildman–Crippen MR) is 75.7 cm³/mol. The van der Waals surface area contributed by atoms with Crippen LogP contribution in [0.2, 0.25) is 0 Å². The molecule has 5 heteroatoms. The Bertz CT molecular complexity index is 539. The van der Waals surface area contributed by atoms with Gasteiger partial charge in [-0.3, -0.25) is 4.68 Å². The topological polar surface area (TPSA) is 29.9 Å². The average molecular weight is 279 g/mol. The molecule has 0 saturated heterocycles. The van der Waals surface area contributed by atoms with E-state index in [-0.39, 0.29) is 5.82 Å². The minimum atomic E-state index is -0.191. The molecule has 1 aromatic carbocycles. The molecule has 0 unspecified atom stereocenters. The Morgan fingerprint density at radius 2 is 2.26 bits per heavy atom. The highest BCUT2D eigenvalue weighted by Gasteiger charge is 2.07. The molecule has 2 aromatic rings. The summed E-state index contributed by atoms with van der Waals surface area (Å²) in [5.74, 6) is -0.191. The van der Waals surface area contributed by atoms with Crippen LogP contribution in [-0.4, -0.2) is 16.3 Å². The van der Waals surface area contributed by atoms with Gasteiger partial charge in [0.15, 0.2) is 0 Å². The summed E-state index contributed by atoms with van der Waals surface area (Å²) < 4.78 is 15.1. The first-order valence-electron chi connectivity index (χ1n) is 6.34. The quantitative estimate of drug-likeness (QED) is 0.823. The smallest absolute Gasteiger partial charge is 0.123 e. The van der Waals surface area contributed by atoms with Crippen LogP contribution in [-0.2, 0) is 13.6 Å². The molecule has 0 radical (unpaired) electrons. The van der Waals surface area contributed by atoms with Crippen molar-refractivity contribution in [1.82, 2.24) is 15.1 Å². The van der Waals surface area contributed by atoms with Gasteiger partial charge in [0, 0.05) is 24.7 Å². The van der Waals surface area contributed by atoms with Gasteiger partial charge in [0.25, 0.3) is 0 Å². The summed E-state index contributed by atoms with van der Waals surface area (Å²) in [6, 6.07) is 4.93. The summed E-state index contributed by atoms with van der Waals surface area (Å²) >= 11 is 1.61. The molecule has 19 heavy (non-hydrogen) atoms. The van der Waals surface area contributed by atoms with Crippen molar-refractivity contribution in [3.8, 4) is 0 Å². The number of nitrogens with zero attached hydrogens (tertiary/aromatic N) is 2. The number of aromatic nitrogens is 2. The predicted octanol–water partition coefficient (Wildman–Crippen LogP) is 3.21. The first-order valence-corrected chi connectivity index (χ1v) is 7.16. The molecule has 0 spiro atoms. The van der Waals surface area contributed by atoms with Gasteiger partial charge in [0.2, 0.25) is 0 Å². The third kappa shape index (κ3) is 4.08. The molecule has 3 nitrogen and oxygen atoms in total. The molecule has 1 aromatic heterocycles. The fourth-order valence-electron chi connectivity index (χ4n) is 1.76.